The van der Waals surface area contributed by atoms with Crippen LogP contribution in [0.2, 0.25) is 0 Å². The molecule has 0 saturated heterocycles. The van der Waals surface area contributed by atoms with E-state index < -0.39 is 0 Å². The number of hydrogen-bond donors (Lipinski definition) is 1. The van der Waals surface area contributed by atoms with Crippen molar-refractivity contribution in [1.29, 1.82) is 5.26 Å². The second-order valence-corrected chi connectivity index (χ2v) is 3.30. The number of aryl methyl sites for hydroxylation is 1. The highest BCUT2D eigenvalue weighted by molar-refractivity contribution is 5.61. The van der Waals surface area contributed by atoms with Crippen LogP contribution in [0.4, 0.5) is 11.4 Å². The molecule has 0 amide bonds. The van der Waals surface area contributed by atoms with Gasteiger partial charge in [0.05, 0.1) is 11.4 Å². The van der Waals surface area contributed by atoms with Crippen LogP contribution >= 0.6 is 0 Å². The summed E-state index contributed by atoms with van der Waals surface area (Å²) in [7, 11) is 0. The molecular formula is C12H10N4. The first-order valence-corrected chi connectivity index (χ1v) is 4.84. The van der Waals surface area contributed by atoms with E-state index in [1.807, 2.05) is 31.2 Å². The van der Waals surface area contributed by atoms with Crippen LogP contribution in [0.15, 0.2) is 36.7 Å². The van der Waals surface area contributed by atoms with E-state index in [0.29, 0.717) is 5.69 Å². The highest BCUT2D eigenvalue weighted by Crippen LogP contribution is 2.18. The Balaban J connectivity index is 2.28. The van der Waals surface area contributed by atoms with E-state index in [2.05, 4.69) is 15.3 Å². The zero-order chi connectivity index (χ0) is 11.4. The van der Waals surface area contributed by atoms with Gasteiger partial charge in [0.25, 0.3) is 0 Å². The lowest BCUT2D eigenvalue weighted by molar-refractivity contribution is 1.20. The van der Waals surface area contributed by atoms with Gasteiger partial charge in [-0.15, -0.1) is 0 Å². The lowest BCUT2D eigenvalue weighted by Crippen LogP contribution is -1.95. The van der Waals surface area contributed by atoms with Crippen molar-refractivity contribution in [2.45, 2.75) is 6.92 Å². The average Bonchev–Trinajstić information content (AvgIpc) is 2.32. The number of pyridine rings is 2. The Labute approximate surface area is 93.6 Å². The van der Waals surface area contributed by atoms with Crippen LogP contribution in [0.5, 0.6) is 0 Å². The number of hydrogen-bond acceptors (Lipinski definition) is 4. The normalized spacial score (nSPS) is 9.50. The summed E-state index contributed by atoms with van der Waals surface area (Å²) in [6.45, 7) is 1.93. The van der Waals surface area contributed by atoms with Crippen LogP contribution in [0.3, 0.4) is 0 Å². The van der Waals surface area contributed by atoms with Crippen LogP contribution < -0.4 is 5.32 Å². The summed E-state index contributed by atoms with van der Waals surface area (Å²) >= 11 is 0. The van der Waals surface area contributed by atoms with Crippen molar-refractivity contribution in [3.8, 4) is 6.07 Å². The van der Waals surface area contributed by atoms with Crippen molar-refractivity contribution in [3.63, 3.8) is 0 Å². The molecule has 2 heterocycles. The van der Waals surface area contributed by atoms with Crippen LogP contribution in [-0.2, 0) is 0 Å². The van der Waals surface area contributed by atoms with E-state index in [9.17, 15) is 0 Å². The second kappa shape index (κ2) is 4.41. The molecule has 0 atom stereocenters. The smallest absolute Gasteiger partial charge is 0.142 e. The molecule has 4 nitrogen and oxygen atoms in total. The van der Waals surface area contributed by atoms with E-state index in [1.54, 1.807) is 18.5 Å². The molecule has 0 aromatic carbocycles. The molecule has 0 unspecified atom stereocenters. The number of nitriles is 1. The third-order valence-electron chi connectivity index (χ3n) is 2.16. The topological polar surface area (TPSA) is 61.6 Å². The minimum atomic E-state index is 0.395. The molecule has 16 heavy (non-hydrogen) atoms. The molecule has 4 heteroatoms. The number of anilines is 2. The van der Waals surface area contributed by atoms with Gasteiger partial charge in [-0.3, -0.25) is 4.98 Å². The molecule has 0 aliphatic carbocycles. The van der Waals surface area contributed by atoms with E-state index in [0.717, 1.165) is 17.1 Å². The van der Waals surface area contributed by atoms with Gasteiger partial charge in [0.15, 0.2) is 0 Å². The Bertz CT molecular complexity index is 543. The zero-order valence-electron chi connectivity index (χ0n) is 8.81. The standard InChI is InChI=1S/C12H10N4/c1-9-12(3-2-5-14-9)16-10-4-6-15-11(7-10)8-13/h2-7H,1H3,(H,15,16). The fourth-order valence-corrected chi connectivity index (χ4v) is 1.34. The number of rotatable bonds is 2. The van der Waals surface area contributed by atoms with Crippen molar-refractivity contribution in [2.24, 2.45) is 0 Å². The van der Waals surface area contributed by atoms with Crippen molar-refractivity contribution in [2.75, 3.05) is 5.32 Å². The summed E-state index contributed by atoms with van der Waals surface area (Å²) in [5, 5.41) is 11.9. The SMILES string of the molecule is Cc1ncccc1Nc1ccnc(C#N)c1. The minimum Gasteiger partial charge on any atom is -0.354 e. The van der Waals surface area contributed by atoms with Gasteiger partial charge < -0.3 is 5.32 Å². The molecular weight excluding hydrogens is 200 g/mol. The summed E-state index contributed by atoms with van der Waals surface area (Å²) in [4.78, 5) is 8.08. The third kappa shape index (κ3) is 2.15. The monoisotopic (exact) mass is 210 g/mol. The molecule has 0 aliphatic heterocycles. The third-order valence-corrected chi connectivity index (χ3v) is 2.16. The first kappa shape index (κ1) is 10.1. The van der Waals surface area contributed by atoms with E-state index in [4.69, 9.17) is 5.26 Å². The second-order valence-electron chi connectivity index (χ2n) is 3.30. The summed E-state index contributed by atoms with van der Waals surface area (Å²) in [5.74, 6) is 0. The number of nitrogens with one attached hydrogen (secondary N) is 1. The first-order valence-electron chi connectivity index (χ1n) is 4.84. The minimum absolute atomic E-state index is 0.395. The van der Waals surface area contributed by atoms with Crippen molar-refractivity contribution >= 4 is 11.4 Å². The van der Waals surface area contributed by atoms with Crippen molar-refractivity contribution in [1.82, 2.24) is 9.97 Å². The quantitative estimate of drug-likeness (QED) is 0.826. The van der Waals surface area contributed by atoms with Gasteiger partial charge in [-0.25, -0.2) is 4.98 Å². The lowest BCUT2D eigenvalue weighted by Gasteiger charge is -2.07. The largest absolute Gasteiger partial charge is 0.354 e. The van der Waals surface area contributed by atoms with Crippen LogP contribution in [0.1, 0.15) is 11.4 Å². The fourth-order valence-electron chi connectivity index (χ4n) is 1.34. The Morgan fingerprint density at radius 3 is 2.88 bits per heavy atom. The molecule has 0 fully saturated rings. The number of nitrogens with zero attached hydrogens (tertiary/aromatic N) is 3. The zero-order valence-corrected chi connectivity index (χ0v) is 8.81. The molecule has 0 bridgehead atoms. The summed E-state index contributed by atoms with van der Waals surface area (Å²) in [6.07, 6.45) is 3.35. The van der Waals surface area contributed by atoms with Crippen LogP contribution in [-0.4, -0.2) is 9.97 Å². The maximum absolute atomic E-state index is 8.73. The highest BCUT2D eigenvalue weighted by atomic mass is 14.9. The van der Waals surface area contributed by atoms with Crippen molar-refractivity contribution in [3.05, 3.63) is 48.0 Å². The van der Waals surface area contributed by atoms with Gasteiger partial charge in [0.2, 0.25) is 0 Å². The van der Waals surface area contributed by atoms with Gasteiger partial charge >= 0.3 is 0 Å². The lowest BCUT2D eigenvalue weighted by atomic mass is 10.2. The van der Waals surface area contributed by atoms with Gasteiger partial charge in [0, 0.05) is 18.1 Å². The fraction of sp³-hybridized carbons (Fsp3) is 0.0833. The van der Waals surface area contributed by atoms with E-state index in [-0.39, 0.29) is 0 Å². The molecule has 2 aromatic heterocycles. The first-order chi connectivity index (χ1) is 7.79. The highest BCUT2D eigenvalue weighted by Gasteiger charge is 2.00. The maximum atomic E-state index is 8.73. The number of aromatic nitrogens is 2. The molecule has 2 aromatic rings. The molecule has 1 N–H and O–H groups in total. The predicted octanol–water partition coefficient (Wildman–Crippen LogP) is 2.40. The van der Waals surface area contributed by atoms with Gasteiger partial charge in [-0.2, -0.15) is 5.26 Å². The van der Waals surface area contributed by atoms with Gasteiger partial charge in [-0.1, -0.05) is 0 Å². The maximum Gasteiger partial charge on any atom is 0.142 e. The molecule has 2 rings (SSSR count). The van der Waals surface area contributed by atoms with Crippen molar-refractivity contribution < 1.29 is 0 Å². The predicted molar refractivity (Wildman–Crippen MR) is 61.2 cm³/mol. The molecule has 0 aliphatic rings. The van der Waals surface area contributed by atoms with Crippen LogP contribution in [0, 0.1) is 18.3 Å². The Morgan fingerprint density at radius 2 is 2.12 bits per heavy atom. The summed E-state index contributed by atoms with van der Waals surface area (Å²) in [5.41, 5.74) is 3.07. The average molecular weight is 210 g/mol. The van der Waals surface area contributed by atoms with E-state index >= 15 is 0 Å². The van der Waals surface area contributed by atoms with Gasteiger partial charge in [0.1, 0.15) is 11.8 Å². The molecule has 0 spiro atoms. The Hall–Kier alpha value is -2.41. The Kier molecular flexibility index (Phi) is 2.79. The Morgan fingerprint density at radius 1 is 1.25 bits per heavy atom. The molecule has 0 saturated carbocycles. The van der Waals surface area contributed by atoms with Gasteiger partial charge in [-0.05, 0) is 31.2 Å². The molecule has 0 radical (unpaired) electrons. The summed E-state index contributed by atoms with van der Waals surface area (Å²) < 4.78 is 0. The van der Waals surface area contributed by atoms with E-state index in [1.165, 1.54) is 0 Å². The summed E-state index contributed by atoms with van der Waals surface area (Å²) in [6, 6.07) is 9.32. The molecule has 78 valence electrons. The van der Waals surface area contributed by atoms with Crippen LogP contribution in [0.25, 0.3) is 0 Å².